The lowest BCUT2D eigenvalue weighted by Crippen LogP contribution is -3.13. The average molecular weight is 409 g/mol. The highest BCUT2D eigenvalue weighted by Gasteiger charge is 2.24. The van der Waals surface area contributed by atoms with Crippen molar-refractivity contribution in [3.63, 3.8) is 0 Å². The predicted molar refractivity (Wildman–Crippen MR) is 106 cm³/mol. The molecule has 2 amide bonds. The minimum absolute atomic E-state index is 0.147. The largest absolute Gasteiger partial charge is 0.493 e. The van der Waals surface area contributed by atoms with Gasteiger partial charge in [-0.25, -0.2) is 9.18 Å². The van der Waals surface area contributed by atoms with Crippen molar-refractivity contribution in [2.45, 2.75) is 6.54 Å². The first-order valence-electron chi connectivity index (χ1n) is 9.05. The average Bonchev–Trinajstić information content (AvgIpc) is 2.70. The molecule has 0 unspecified atom stereocenters. The molecule has 1 saturated heterocycles. The van der Waals surface area contributed by atoms with Gasteiger partial charge in [0, 0.05) is 17.3 Å². The Kier molecular flexibility index (Phi) is 6.59. The molecule has 2 aromatic rings. The van der Waals surface area contributed by atoms with Crippen molar-refractivity contribution in [3.8, 4) is 11.5 Å². The van der Waals surface area contributed by atoms with Crippen molar-refractivity contribution in [2.75, 3.05) is 45.7 Å². The third-order valence-electron chi connectivity index (χ3n) is 4.85. The molecule has 0 saturated carbocycles. The summed E-state index contributed by atoms with van der Waals surface area (Å²) in [6.07, 6.45) is 0. The van der Waals surface area contributed by atoms with Crippen LogP contribution in [0.5, 0.6) is 11.5 Å². The first-order chi connectivity index (χ1) is 13.5. The van der Waals surface area contributed by atoms with E-state index in [1.165, 1.54) is 17.0 Å². The van der Waals surface area contributed by atoms with Crippen molar-refractivity contribution >= 4 is 23.3 Å². The van der Waals surface area contributed by atoms with Crippen LogP contribution in [-0.4, -0.2) is 51.3 Å². The number of anilines is 1. The molecular formula is C20H24ClFN3O3+. The van der Waals surface area contributed by atoms with Crippen LogP contribution in [0.25, 0.3) is 0 Å². The van der Waals surface area contributed by atoms with Crippen LogP contribution in [0.1, 0.15) is 5.56 Å². The van der Waals surface area contributed by atoms with E-state index in [1.807, 2.05) is 0 Å². The van der Waals surface area contributed by atoms with Gasteiger partial charge in [-0.3, -0.25) is 0 Å². The van der Waals surface area contributed by atoms with Gasteiger partial charge in [0.2, 0.25) is 0 Å². The first kappa shape index (κ1) is 20.2. The molecule has 0 spiro atoms. The second-order valence-electron chi connectivity index (χ2n) is 6.65. The molecule has 1 aliphatic heterocycles. The fraction of sp³-hybridized carbons (Fsp3) is 0.350. The predicted octanol–water partition coefficient (Wildman–Crippen LogP) is 2.43. The van der Waals surface area contributed by atoms with Gasteiger partial charge in [0.05, 0.1) is 45.4 Å². The van der Waals surface area contributed by atoms with Crippen LogP contribution in [0.2, 0.25) is 5.02 Å². The van der Waals surface area contributed by atoms with E-state index in [4.69, 9.17) is 21.1 Å². The van der Waals surface area contributed by atoms with Crippen LogP contribution in [0, 0.1) is 5.82 Å². The maximum atomic E-state index is 13.2. The van der Waals surface area contributed by atoms with Crippen LogP contribution >= 0.6 is 11.6 Å². The summed E-state index contributed by atoms with van der Waals surface area (Å²) < 4.78 is 23.6. The minimum atomic E-state index is -0.333. The molecule has 0 bridgehead atoms. The summed E-state index contributed by atoms with van der Waals surface area (Å²) in [4.78, 5) is 15.6. The summed E-state index contributed by atoms with van der Waals surface area (Å²) in [6, 6.07) is 9.60. The van der Waals surface area contributed by atoms with Gasteiger partial charge in [-0.05, 0) is 30.3 Å². The molecule has 6 nitrogen and oxygen atoms in total. The lowest BCUT2D eigenvalue weighted by atomic mass is 10.2. The van der Waals surface area contributed by atoms with E-state index in [2.05, 4.69) is 5.32 Å². The summed E-state index contributed by atoms with van der Waals surface area (Å²) >= 11 is 6.12. The van der Waals surface area contributed by atoms with Crippen LogP contribution in [0.15, 0.2) is 36.4 Å². The van der Waals surface area contributed by atoms with Crippen molar-refractivity contribution in [1.29, 1.82) is 0 Å². The molecule has 150 valence electrons. The third-order valence-corrected chi connectivity index (χ3v) is 5.20. The molecule has 0 aliphatic carbocycles. The van der Waals surface area contributed by atoms with E-state index in [1.54, 1.807) is 43.4 Å². The number of urea groups is 1. The smallest absolute Gasteiger partial charge is 0.322 e. The number of carbonyl (C=O) groups excluding carboxylic acids is 1. The van der Waals surface area contributed by atoms with Crippen molar-refractivity contribution in [3.05, 3.63) is 52.8 Å². The van der Waals surface area contributed by atoms with Crippen LogP contribution in [0.4, 0.5) is 14.9 Å². The number of carbonyl (C=O) groups is 1. The number of quaternary nitrogens is 1. The number of piperazine rings is 1. The second-order valence-corrected chi connectivity index (χ2v) is 7.06. The van der Waals surface area contributed by atoms with E-state index in [0.29, 0.717) is 41.8 Å². The van der Waals surface area contributed by atoms with E-state index in [9.17, 15) is 9.18 Å². The molecule has 1 heterocycles. The Balaban J connectivity index is 1.53. The molecule has 2 aromatic carbocycles. The van der Waals surface area contributed by atoms with Gasteiger partial charge < -0.3 is 24.6 Å². The number of hydrogen-bond acceptors (Lipinski definition) is 3. The molecule has 1 aliphatic rings. The summed E-state index contributed by atoms with van der Waals surface area (Å²) in [7, 11) is 3.12. The fourth-order valence-electron chi connectivity index (χ4n) is 3.25. The Morgan fingerprint density at radius 1 is 1.14 bits per heavy atom. The van der Waals surface area contributed by atoms with Gasteiger partial charge in [0.25, 0.3) is 0 Å². The number of nitrogens with one attached hydrogen (secondary N) is 2. The quantitative estimate of drug-likeness (QED) is 0.799. The summed E-state index contributed by atoms with van der Waals surface area (Å²) in [5, 5.41) is 3.34. The topological polar surface area (TPSA) is 55.2 Å². The lowest BCUT2D eigenvalue weighted by Gasteiger charge is -2.32. The highest BCUT2D eigenvalue weighted by molar-refractivity contribution is 6.31. The number of halogens is 2. The summed E-state index contributed by atoms with van der Waals surface area (Å²) in [5.41, 5.74) is 1.57. The maximum absolute atomic E-state index is 13.2. The molecular weight excluding hydrogens is 385 g/mol. The van der Waals surface area contributed by atoms with E-state index >= 15 is 0 Å². The van der Waals surface area contributed by atoms with Gasteiger partial charge in [-0.15, -0.1) is 0 Å². The Bertz CT molecular complexity index is 841. The molecule has 0 atom stereocenters. The SMILES string of the molecule is COc1ccc(NC(=O)N2CC[NH+](Cc3ccc(F)cc3Cl)CC2)cc1OC. The van der Waals surface area contributed by atoms with Crippen molar-refractivity contribution < 1.29 is 23.6 Å². The number of nitrogens with zero attached hydrogens (tertiary/aromatic N) is 1. The van der Waals surface area contributed by atoms with E-state index in [-0.39, 0.29) is 11.8 Å². The normalized spacial score (nSPS) is 14.6. The minimum Gasteiger partial charge on any atom is -0.493 e. The monoisotopic (exact) mass is 408 g/mol. The molecule has 0 aromatic heterocycles. The Morgan fingerprint density at radius 2 is 1.86 bits per heavy atom. The Morgan fingerprint density at radius 3 is 2.50 bits per heavy atom. The van der Waals surface area contributed by atoms with E-state index < -0.39 is 0 Å². The number of rotatable bonds is 5. The van der Waals surface area contributed by atoms with Crippen LogP contribution in [0.3, 0.4) is 0 Å². The number of hydrogen-bond donors (Lipinski definition) is 2. The number of benzene rings is 2. The zero-order chi connectivity index (χ0) is 20.1. The van der Waals surface area contributed by atoms with Gasteiger partial charge >= 0.3 is 6.03 Å². The maximum Gasteiger partial charge on any atom is 0.322 e. The van der Waals surface area contributed by atoms with Gasteiger partial charge in [0.15, 0.2) is 11.5 Å². The zero-order valence-electron chi connectivity index (χ0n) is 15.9. The van der Waals surface area contributed by atoms with Crippen molar-refractivity contribution in [1.82, 2.24) is 4.90 Å². The number of ether oxygens (including phenoxy) is 2. The standard InChI is InChI=1S/C20H23ClFN3O3/c1-27-18-6-5-16(12-19(18)28-2)23-20(26)25-9-7-24(8-10-25)13-14-3-4-15(22)11-17(14)21/h3-6,11-12H,7-10,13H2,1-2H3,(H,23,26)/p+1. The molecule has 1 fully saturated rings. The summed E-state index contributed by atoms with van der Waals surface area (Å²) in [6.45, 7) is 3.57. The molecule has 0 radical (unpaired) electrons. The molecule has 2 N–H and O–H groups in total. The Hall–Kier alpha value is -2.51. The van der Waals surface area contributed by atoms with E-state index in [0.717, 1.165) is 18.7 Å². The van der Waals surface area contributed by atoms with Crippen LogP contribution < -0.4 is 19.7 Å². The Labute approximate surface area is 168 Å². The van der Waals surface area contributed by atoms with Gasteiger partial charge in [-0.1, -0.05) is 11.6 Å². The fourth-order valence-corrected chi connectivity index (χ4v) is 3.49. The molecule has 3 rings (SSSR count). The third kappa shape index (κ3) is 4.85. The molecule has 28 heavy (non-hydrogen) atoms. The molecule has 8 heteroatoms. The number of amides is 2. The highest BCUT2D eigenvalue weighted by Crippen LogP contribution is 2.29. The van der Waals surface area contributed by atoms with Gasteiger partial charge in [0.1, 0.15) is 12.4 Å². The van der Waals surface area contributed by atoms with Crippen molar-refractivity contribution in [2.24, 2.45) is 0 Å². The van der Waals surface area contributed by atoms with Gasteiger partial charge in [-0.2, -0.15) is 0 Å². The summed E-state index contributed by atoms with van der Waals surface area (Å²) in [5.74, 6) is 0.836. The zero-order valence-corrected chi connectivity index (χ0v) is 16.7. The number of methoxy groups -OCH3 is 2. The van der Waals surface area contributed by atoms with Crippen LogP contribution in [-0.2, 0) is 6.54 Å². The lowest BCUT2D eigenvalue weighted by molar-refractivity contribution is -0.917. The first-order valence-corrected chi connectivity index (χ1v) is 9.43. The second kappa shape index (κ2) is 9.12. The highest BCUT2D eigenvalue weighted by atomic mass is 35.5.